The highest BCUT2D eigenvalue weighted by Crippen LogP contribution is 2.38. The number of amides is 1. The molecule has 0 fully saturated rings. The molecule has 1 atom stereocenters. The van der Waals surface area contributed by atoms with Gasteiger partial charge in [0.05, 0.1) is 42.2 Å². The molecular weight excluding hydrogens is 499 g/mol. The van der Waals surface area contributed by atoms with Crippen molar-refractivity contribution < 1.29 is 22.7 Å². The third-order valence-electron chi connectivity index (χ3n) is 6.76. The number of nitrogens with zero attached hydrogens (tertiary/aromatic N) is 6. The van der Waals surface area contributed by atoms with Gasteiger partial charge in [-0.25, -0.2) is 9.97 Å². The van der Waals surface area contributed by atoms with Gasteiger partial charge in [-0.2, -0.15) is 18.3 Å². The lowest BCUT2D eigenvalue weighted by Gasteiger charge is -2.22. The summed E-state index contributed by atoms with van der Waals surface area (Å²) in [6.45, 7) is 2.28. The van der Waals surface area contributed by atoms with E-state index in [9.17, 15) is 18.0 Å². The number of nitrogen functional groups attached to an aromatic ring is 1. The van der Waals surface area contributed by atoms with Gasteiger partial charge in [0.25, 0.3) is 5.91 Å². The fourth-order valence-corrected chi connectivity index (χ4v) is 4.89. The normalized spacial score (nSPS) is 15.3. The van der Waals surface area contributed by atoms with Gasteiger partial charge in [-0.1, -0.05) is 0 Å². The zero-order valence-electron chi connectivity index (χ0n) is 20.4. The van der Waals surface area contributed by atoms with E-state index in [1.165, 1.54) is 21.6 Å². The largest absolute Gasteiger partial charge is 0.417 e. The summed E-state index contributed by atoms with van der Waals surface area (Å²) in [6, 6.07) is 9.15. The molecule has 1 aliphatic heterocycles. The molecule has 4 aromatic heterocycles. The molecule has 0 saturated heterocycles. The van der Waals surface area contributed by atoms with Crippen molar-refractivity contribution in [2.24, 2.45) is 7.05 Å². The Morgan fingerprint density at radius 2 is 2.00 bits per heavy atom. The van der Waals surface area contributed by atoms with Gasteiger partial charge in [0.2, 0.25) is 0 Å². The number of benzene rings is 1. The van der Waals surface area contributed by atoms with Gasteiger partial charge in [0.1, 0.15) is 17.3 Å². The second-order valence-corrected chi connectivity index (χ2v) is 9.19. The first-order valence-corrected chi connectivity index (χ1v) is 11.8. The van der Waals surface area contributed by atoms with Crippen molar-refractivity contribution in [2.45, 2.75) is 32.4 Å². The van der Waals surface area contributed by atoms with Crippen LogP contribution in [0, 0.1) is 0 Å². The zero-order chi connectivity index (χ0) is 26.8. The Morgan fingerprint density at radius 1 is 1.18 bits per heavy atom. The van der Waals surface area contributed by atoms with Crippen LogP contribution in [-0.2, 0) is 31.1 Å². The van der Waals surface area contributed by atoms with Gasteiger partial charge in [-0.3, -0.25) is 14.4 Å². The van der Waals surface area contributed by atoms with Crippen molar-refractivity contribution in [3.63, 3.8) is 0 Å². The van der Waals surface area contributed by atoms with Crippen molar-refractivity contribution in [3.8, 4) is 0 Å². The third-order valence-corrected chi connectivity index (χ3v) is 6.76. The topological polar surface area (TPSA) is 104 Å². The first-order valence-electron chi connectivity index (χ1n) is 11.8. The van der Waals surface area contributed by atoms with E-state index in [0.29, 0.717) is 40.7 Å². The molecule has 194 valence electrons. The monoisotopic (exact) mass is 521 g/mol. The number of anilines is 2. The second kappa shape index (κ2) is 8.55. The molecule has 2 N–H and O–H groups in total. The average molecular weight is 522 g/mol. The molecule has 6 rings (SSSR count). The van der Waals surface area contributed by atoms with Crippen LogP contribution >= 0.6 is 0 Å². The van der Waals surface area contributed by atoms with Crippen molar-refractivity contribution in [3.05, 3.63) is 82.9 Å². The number of carbonyl (C=O) groups excluding carboxylic acids is 1. The highest BCUT2D eigenvalue weighted by atomic mass is 19.4. The number of hydrogen-bond acceptors (Lipinski definition) is 6. The summed E-state index contributed by atoms with van der Waals surface area (Å²) < 4.78 is 48.2. The average Bonchev–Trinajstić information content (AvgIpc) is 3.59. The van der Waals surface area contributed by atoms with Crippen LogP contribution in [0.25, 0.3) is 16.6 Å². The molecule has 38 heavy (non-hydrogen) atoms. The van der Waals surface area contributed by atoms with Gasteiger partial charge < -0.3 is 14.9 Å². The Morgan fingerprint density at radius 3 is 2.74 bits per heavy atom. The molecule has 9 nitrogen and oxygen atoms in total. The van der Waals surface area contributed by atoms with Crippen LogP contribution < -0.4 is 10.6 Å². The highest BCUT2D eigenvalue weighted by molar-refractivity contribution is 6.07. The molecule has 5 heterocycles. The van der Waals surface area contributed by atoms with Crippen LogP contribution in [0.2, 0.25) is 0 Å². The number of aryl methyl sites for hydroxylation is 1. The Kier molecular flexibility index (Phi) is 5.38. The van der Waals surface area contributed by atoms with Gasteiger partial charge in [-0.15, -0.1) is 0 Å². The number of halogens is 3. The summed E-state index contributed by atoms with van der Waals surface area (Å²) in [5.41, 5.74) is 8.91. The van der Waals surface area contributed by atoms with Crippen LogP contribution in [0.1, 0.15) is 45.8 Å². The lowest BCUT2D eigenvalue weighted by atomic mass is 10.00. The number of aromatic nitrogens is 5. The van der Waals surface area contributed by atoms with Gasteiger partial charge in [-0.05, 0) is 42.8 Å². The smallest absolute Gasteiger partial charge is 0.383 e. The minimum absolute atomic E-state index is 0.0116. The maximum absolute atomic E-state index is 13.9. The molecule has 12 heteroatoms. The van der Waals surface area contributed by atoms with Gasteiger partial charge in [0, 0.05) is 42.0 Å². The lowest BCUT2D eigenvalue weighted by molar-refractivity contribution is -0.137. The molecule has 5 aromatic rings. The van der Waals surface area contributed by atoms with E-state index in [1.54, 1.807) is 42.2 Å². The van der Waals surface area contributed by atoms with E-state index >= 15 is 0 Å². The molecule has 1 aliphatic rings. The first-order chi connectivity index (χ1) is 18.1. The summed E-state index contributed by atoms with van der Waals surface area (Å²) in [7, 11) is 1.70. The van der Waals surface area contributed by atoms with Crippen molar-refractivity contribution >= 4 is 34.1 Å². The maximum atomic E-state index is 13.9. The zero-order valence-corrected chi connectivity index (χ0v) is 20.4. The first kappa shape index (κ1) is 23.9. The number of hydrogen-bond donors (Lipinski definition) is 1. The molecule has 0 bridgehead atoms. The number of ether oxygens (including phenoxy) is 1. The maximum Gasteiger partial charge on any atom is 0.417 e. The summed E-state index contributed by atoms with van der Waals surface area (Å²) >= 11 is 0. The Hall–Kier alpha value is -4.45. The summed E-state index contributed by atoms with van der Waals surface area (Å²) in [5, 5.41) is 4.96. The summed E-state index contributed by atoms with van der Waals surface area (Å²) in [4.78, 5) is 24.3. The molecule has 0 saturated carbocycles. The number of fused-ring (bicyclic) bond motifs is 4. The Bertz CT molecular complexity index is 1720. The number of pyridine rings is 2. The van der Waals surface area contributed by atoms with E-state index < -0.39 is 11.7 Å². The molecule has 0 spiro atoms. The van der Waals surface area contributed by atoms with Crippen LogP contribution in [0.5, 0.6) is 0 Å². The second-order valence-electron chi connectivity index (χ2n) is 9.19. The fraction of sp³-hybridized carbons (Fsp3) is 0.231. The summed E-state index contributed by atoms with van der Waals surface area (Å²) in [6.07, 6.45) is -0.644. The Labute approximate surface area is 214 Å². The molecule has 0 radical (unpaired) electrons. The highest BCUT2D eigenvalue weighted by Gasteiger charge is 2.31. The minimum Gasteiger partial charge on any atom is -0.383 e. The fourth-order valence-electron chi connectivity index (χ4n) is 4.89. The number of carbonyl (C=O) groups is 1. The van der Waals surface area contributed by atoms with Crippen molar-refractivity contribution in [1.82, 2.24) is 24.1 Å². The van der Waals surface area contributed by atoms with Crippen LogP contribution in [0.4, 0.5) is 24.8 Å². The van der Waals surface area contributed by atoms with Crippen LogP contribution in [-0.4, -0.2) is 30.1 Å². The van der Waals surface area contributed by atoms with Crippen LogP contribution in [0.15, 0.2) is 55.0 Å². The Balaban J connectivity index is 1.40. The van der Waals surface area contributed by atoms with Crippen molar-refractivity contribution in [1.29, 1.82) is 0 Å². The quantitative estimate of drug-likeness (QED) is 0.369. The molecular formula is C26H22F3N7O2. The van der Waals surface area contributed by atoms with Gasteiger partial charge in [0.15, 0.2) is 0 Å². The van der Waals surface area contributed by atoms with E-state index in [-0.39, 0.29) is 18.6 Å². The van der Waals surface area contributed by atoms with Crippen LogP contribution in [0.3, 0.4) is 0 Å². The van der Waals surface area contributed by atoms with E-state index in [4.69, 9.17) is 10.5 Å². The van der Waals surface area contributed by atoms with Crippen molar-refractivity contribution in [2.75, 3.05) is 10.6 Å². The SMILES string of the molecule is C[C@@H]1OCc2c1c(N)nc1ccc(C(=O)N(Cc3cn4cc(C(F)(F)F)ccc4n3)c3ccnn3C)cc21. The summed E-state index contributed by atoms with van der Waals surface area (Å²) in [5.74, 6) is 0.579. The molecule has 1 aromatic carbocycles. The predicted molar refractivity (Wildman–Crippen MR) is 133 cm³/mol. The number of alkyl halides is 3. The molecule has 0 aliphatic carbocycles. The predicted octanol–water partition coefficient (Wildman–Crippen LogP) is 4.66. The lowest BCUT2D eigenvalue weighted by Crippen LogP contribution is -2.32. The number of nitrogens with two attached hydrogens (primary N) is 1. The molecule has 1 amide bonds. The van der Waals surface area contributed by atoms with E-state index in [0.717, 1.165) is 28.8 Å². The minimum atomic E-state index is -4.48. The van der Waals surface area contributed by atoms with Gasteiger partial charge >= 0.3 is 6.18 Å². The standard InChI is InChI=1S/C26H22F3N7O2/c1-14-23-19(13-38-14)18-9-15(3-5-20(18)33-24(23)30)25(37)36(22-7-8-31-34(22)2)12-17-11-35-10-16(26(27,28)29)4-6-21(35)32-17/h3-11,14H,12-13H2,1-2H3,(H2,30,33)/t14-/m0/s1. The van der Waals surface area contributed by atoms with E-state index in [1.807, 2.05) is 6.92 Å². The number of rotatable bonds is 4. The van der Waals surface area contributed by atoms with E-state index in [2.05, 4.69) is 15.1 Å². The molecule has 0 unspecified atom stereocenters. The third kappa shape index (κ3) is 3.93. The number of imidazole rings is 1.